The van der Waals surface area contributed by atoms with Gasteiger partial charge in [0.25, 0.3) is 0 Å². The Hall–Kier alpha value is -1.79. The van der Waals surface area contributed by atoms with Gasteiger partial charge >= 0.3 is 6.03 Å². The molecule has 1 fully saturated rings. The van der Waals surface area contributed by atoms with Crippen LogP contribution in [0.1, 0.15) is 37.8 Å². The van der Waals surface area contributed by atoms with Crippen LogP contribution in [0.4, 0.5) is 4.79 Å². The molecule has 0 saturated carbocycles. The minimum absolute atomic E-state index is 0.0625. The molecule has 140 valence electrons. The van der Waals surface area contributed by atoms with E-state index in [9.17, 15) is 9.90 Å². The Bertz CT molecular complexity index is 575. The third kappa shape index (κ3) is 5.61. The maximum atomic E-state index is 12.5. The van der Waals surface area contributed by atoms with Crippen LogP contribution < -0.4 is 10.1 Å². The Morgan fingerprint density at radius 2 is 2.16 bits per heavy atom. The first-order valence-electron chi connectivity index (χ1n) is 8.88. The normalized spacial score (nSPS) is 22.4. The fourth-order valence-electron chi connectivity index (χ4n) is 3.21. The van der Waals surface area contributed by atoms with Crippen LogP contribution in [0, 0.1) is 0 Å². The van der Waals surface area contributed by atoms with Gasteiger partial charge in [-0.05, 0) is 58.0 Å². The fraction of sp³-hybridized carbons (Fsp3) is 0.632. The van der Waals surface area contributed by atoms with Gasteiger partial charge in [-0.2, -0.15) is 0 Å². The monoisotopic (exact) mass is 349 g/mol. The summed E-state index contributed by atoms with van der Waals surface area (Å²) in [5, 5.41) is 13.2. The number of hydrogen-bond donors (Lipinski definition) is 2. The van der Waals surface area contributed by atoms with Crippen molar-refractivity contribution in [2.24, 2.45) is 0 Å². The summed E-state index contributed by atoms with van der Waals surface area (Å²) in [6.07, 6.45) is 2.18. The molecule has 2 atom stereocenters. The smallest absolute Gasteiger partial charge is 0.317 e. The van der Waals surface area contributed by atoms with Crippen molar-refractivity contribution in [2.75, 3.05) is 40.8 Å². The number of nitrogens with zero attached hydrogens (tertiary/aromatic N) is 2. The number of urea groups is 1. The number of nitrogens with one attached hydrogen (secondary N) is 1. The molecule has 1 aliphatic heterocycles. The number of aliphatic hydroxyl groups is 1. The highest BCUT2D eigenvalue weighted by molar-refractivity contribution is 5.74. The van der Waals surface area contributed by atoms with Crippen molar-refractivity contribution in [3.63, 3.8) is 0 Å². The molecule has 1 saturated heterocycles. The molecule has 0 aromatic heterocycles. The van der Waals surface area contributed by atoms with Gasteiger partial charge in [-0.15, -0.1) is 0 Å². The molecule has 0 aliphatic carbocycles. The first-order chi connectivity index (χ1) is 11.8. The minimum Gasteiger partial charge on any atom is -0.497 e. The van der Waals surface area contributed by atoms with E-state index in [-0.39, 0.29) is 12.1 Å². The maximum absolute atomic E-state index is 12.5. The summed E-state index contributed by atoms with van der Waals surface area (Å²) in [5.41, 5.74) is 0.436. The van der Waals surface area contributed by atoms with E-state index in [2.05, 4.69) is 10.2 Å². The van der Waals surface area contributed by atoms with Gasteiger partial charge in [0, 0.05) is 19.6 Å². The lowest BCUT2D eigenvalue weighted by molar-refractivity contribution is 0.0456. The van der Waals surface area contributed by atoms with E-state index in [1.54, 1.807) is 12.0 Å². The number of likely N-dealkylation sites (tertiary alicyclic amines) is 1. The molecule has 0 radical (unpaired) electrons. The van der Waals surface area contributed by atoms with E-state index < -0.39 is 5.60 Å². The Kier molecular flexibility index (Phi) is 6.67. The highest BCUT2D eigenvalue weighted by atomic mass is 16.5. The second-order valence-corrected chi connectivity index (χ2v) is 7.28. The molecular formula is C19H31N3O3. The van der Waals surface area contributed by atoms with E-state index >= 15 is 0 Å². The van der Waals surface area contributed by atoms with Gasteiger partial charge in [0.05, 0.1) is 18.8 Å². The summed E-state index contributed by atoms with van der Waals surface area (Å²) in [7, 11) is 5.65. The molecule has 2 amide bonds. The Morgan fingerprint density at radius 3 is 2.84 bits per heavy atom. The summed E-state index contributed by atoms with van der Waals surface area (Å²) in [6.45, 7) is 3.64. The molecule has 0 spiro atoms. The molecule has 2 rings (SSSR count). The topological polar surface area (TPSA) is 65.0 Å². The lowest BCUT2D eigenvalue weighted by atomic mass is 9.98. The summed E-state index contributed by atoms with van der Waals surface area (Å²) in [4.78, 5) is 16.4. The standard InChI is InChI=1S/C19H31N3O3/c1-19(24)9-6-11-22(12-10-19)18(23)20-14-17(21(2)3)15-7-5-8-16(13-15)25-4/h5,7-8,13,17,24H,6,9-12,14H2,1-4H3,(H,20,23). The van der Waals surface area contributed by atoms with Crippen molar-refractivity contribution >= 4 is 6.03 Å². The number of amides is 2. The zero-order chi connectivity index (χ0) is 18.4. The highest BCUT2D eigenvalue weighted by Gasteiger charge is 2.27. The second kappa shape index (κ2) is 8.54. The third-order valence-corrected chi connectivity index (χ3v) is 4.90. The third-order valence-electron chi connectivity index (χ3n) is 4.90. The lowest BCUT2D eigenvalue weighted by Gasteiger charge is -2.28. The number of likely N-dealkylation sites (N-methyl/N-ethyl adjacent to an activating group) is 1. The van der Waals surface area contributed by atoms with E-state index in [0.717, 1.165) is 24.2 Å². The Morgan fingerprint density at radius 1 is 1.40 bits per heavy atom. The van der Waals surface area contributed by atoms with E-state index in [0.29, 0.717) is 26.1 Å². The van der Waals surface area contributed by atoms with E-state index in [1.165, 1.54) is 0 Å². The van der Waals surface area contributed by atoms with Gasteiger partial charge in [0.1, 0.15) is 5.75 Å². The van der Waals surface area contributed by atoms with Crippen molar-refractivity contribution in [1.82, 2.24) is 15.1 Å². The van der Waals surface area contributed by atoms with E-state index in [1.807, 2.05) is 45.3 Å². The number of ether oxygens (including phenoxy) is 1. The first kappa shape index (κ1) is 19.5. The van der Waals surface area contributed by atoms with Crippen LogP contribution in [0.25, 0.3) is 0 Å². The molecule has 2 N–H and O–H groups in total. The molecule has 0 bridgehead atoms. The summed E-state index contributed by atoms with van der Waals surface area (Å²) >= 11 is 0. The number of hydrogen-bond acceptors (Lipinski definition) is 4. The van der Waals surface area contributed by atoms with E-state index in [4.69, 9.17) is 4.74 Å². The van der Waals surface area contributed by atoms with Crippen LogP contribution in [0.3, 0.4) is 0 Å². The predicted octanol–water partition coefficient (Wildman–Crippen LogP) is 2.24. The van der Waals surface area contributed by atoms with Crippen molar-refractivity contribution in [1.29, 1.82) is 0 Å². The van der Waals surface area contributed by atoms with Crippen LogP contribution in [0.5, 0.6) is 5.75 Å². The minimum atomic E-state index is -0.665. The number of carbonyl (C=O) groups is 1. The molecular weight excluding hydrogens is 318 g/mol. The van der Waals surface area contributed by atoms with Crippen LogP contribution in [-0.2, 0) is 0 Å². The second-order valence-electron chi connectivity index (χ2n) is 7.28. The quantitative estimate of drug-likeness (QED) is 0.856. The molecule has 1 aliphatic rings. The fourth-order valence-corrected chi connectivity index (χ4v) is 3.21. The maximum Gasteiger partial charge on any atom is 0.317 e. The van der Waals surface area contributed by atoms with Gasteiger partial charge in [0.2, 0.25) is 0 Å². The first-order valence-corrected chi connectivity index (χ1v) is 8.88. The van der Waals surface area contributed by atoms with Crippen molar-refractivity contribution in [2.45, 2.75) is 37.8 Å². The average Bonchev–Trinajstić information content (AvgIpc) is 2.75. The number of benzene rings is 1. The zero-order valence-electron chi connectivity index (χ0n) is 15.8. The SMILES string of the molecule is COc1cccc(C(CNC(=O)N2CCCC(C)(O)CC2)N(C)C)c1. The zero-order valence-corrected chi connectivity index (χ0v) is 15.8. The van der Waals surface area contributed by atoms with Crippen molar-refractivity contribution < 1.29 is 14.6 Å². The molecule has 1 aromatic rings. The Balaban J connectivity index is 1.97. The number of carbonyl (C=O) groups excluding carboxylic acids is 1. The Labute approximate surface area is 150 Å². The van der Waals surface area contributed by atoms with Gasteiger partial charge in [0.15, 0.2) is 0 Å². The molecule has 1 aromatic carbocycles. The number of rotatable bonds is 5. The predicted molar refractivity (Wildman–Crippen MR) is 98.9 cm³/mol. The molecule has 6 heteroatoms. The van der Waals surface area contributed by atoms with Crippen LogP contribution in [0.2, 0.25) is 0 Å². The summed E-state index contributed by atoms with van der Waals surface area (Å²) in [5.74, 6) is 0.811. The van der Waals surface area contributed by atoms with Crippen LogP contribution >= 0.6 is 0 Å². The van der Waals surface area contributed by atoms with Gasteiger partial charge < -0.3 is 25.0 Å². The van der Waals surface area contributed by atoms with Crippen LogP contribution in [0.15, 0.2) is 24.3 Å². The average molecular weight is 349 g/mol. The molecule has 6 nitrogen and oxygen atoms in total. The summed E-state index contributed by atoms with van der Waals surface area (Å²) < 4.78 is 5.30. The molecule has 2 unspecified atom stereocenters. The van der Waals surface area contributed by atoms with Gasteiger partial charge in [-0.1, -0.05) is 12.1 Å². The van der Waals surface area contributed by atoms with Crippen molar-refractivity contribution in [3.8, 4) is 5.75 Å². The van der Waals surface area contributed by atoms with Crippen molar-refractivity contribution in [3.05, 3.63) is 29.8 Å². The number of methoxy groups -OCH3 is 1. The van der Waals surface area contributed by atoms with Gasteiger partial charge in [-0.3, -0.25) is 0 Å². The molecule has 1 heterocycles. The highest BCUT2D eigenvalue weighted by Crippen LogP contribution is 2.23. The lowest BCUT2D eigenvalue weighted by Crippen LogP contribution is -2.44. The molecule has 25 heavy (non-hydrogen) atoms. The van der Waals surface area contributed by atoms with Gasteiger partial charge in [-0.25, -0.2) is 4.79 Å². The largest absolute Gasteiger partial charge is 0.497 e. The van der Waals surface area contributed by atoms with Crippen LogP contribution in [-0.4, -0.2) is 67.4 Å². The summed E-state index contributed by atoms with van der Waals surface area (Å²) in [6, 6.07) is 7.92.